The summed E-state index contributed by atoms with van der Waals surface area (Å²) in [6.45, 7) is 0.347. The van der Waals surface area contributed by atoms with Gasteiger partial charge in [-0.25, -0.2) is 19.4 Å². The molecule has 4 aromatic rings. The molecule has 0 saturated carbocycles. The fourth-order valence-corrected chi connectivity index (χ4v) is 4.34. The first-order valence-corrected chi connectivity index (χ1v) is 13.0. The molecular formula is C28H19BrFN3O8. The van der Waals surface area contributed by atoms with Gasteiger partial charge in [0, 0.05) is 24.4 Å². The Morgan fingerprint density at radius 3 is 2.39 bits per heavy atom. The van der Waals surface area contributed by atoms with Crippen LogP contribution in [0.1, 0.15) is 50.1 Å². The Bertz CT molecular complexity index is 1780. The molecule has 5 rings (SSSR count). The summed E-state index contributed by atoms with van der Waals surface area (Å²) in [4.78, 5) is 67.8. The molecule has 2 aromatic heterocycles. The summed E-state index contributed by atoms with van der Waals surface area (Å²) in [6, 6.07) is 14.5. The van der Waals surface area contributed by atoms with E-state index >= 15 is 0 Å². The summed E-state index contributed by atoms with van der Waals surface area (Å²) in [6.07, 6.45) is 2.21. The number of benzene rings is 2. The van der Waals surface area contributed by atoms with Gasteiger partial charge in [0.1, 0.15) is 6.23 Å². The molecule has 3 heterocycles. The molecule has 0 bridgehead atoms. The van der Waals surface area contributed by atoms with E-state index in [1.165, 1.54) is 30.5 Å². The topological polar surface area (TPSA) is 136 Å². The average Bonchev–Trinajstić information content (AvgIpc) is 3.52. The van der Waals surface area contributed by atoms with Crippen LogP contribution in [0.3, 0.4) is 0 Å². The number of aromatic nitrogens is 3. The van der Waals surface area contributed by atoms with Gasteiger partial charge in [-0.15, -0.1) is 0 Å². The molecule has 13 heteroatoms. The van der Waals surface area contributed by atoms with Gasteiger partial charge in [0.2, 0.25) is 11.7 Å². The first-order valence-electron chi connectivity index (χ1n) is 12.2. The Morgan fingerprint density at radius 2 is 1.66 bits per heavy atom. The highest BCUT2D eigenvalue weighted by molar-refractivity contribution is 9.10. The molecule has 2 aromatic carbocycles. The number of esters is 2. The highest BCUT2D eigenvalue weighted by Crippen LogP contribution is 2.28. The molecule has 0 spiro atoms. The molecule has 1 unspecified atom stereocenters. The molecule has 0 radical (unpaired) electrons. The molecule has 0 N–H and O–H groups in total. The standard InChI is InChI=1S/C28H19BrFN3O8/c29-19-14-31-22(13-21(19)40-26(36)16-6-2-1-3-7-16)41-27(37)18-9-4-8-17(12-18)24(34)33-25(35)20(30)15-32(28(33)38)23-10-5-11-39-23/h1-4,6-9,12-15,23H,5,10-11H2. The number of carbonyl (C=O) groups is 3. The lowest BCUT2D eigenvalue weighted by Crippen LogP contribution is -2.46. The number of carbonyl (C=O) groups excluding carboxylic acids is 3. The van der Waals surface area contributed by atoms with E-state index in [0.29, 0.717) is 29.5 Å². The Balaban J connectivity index is 1.38. The van der Waals surface area contributed by atoms with Crippen molar-refractivity contribution in [2.45, 2.75) is 19.1 Å². The van der Waals surface area contributed by atoms with E-state index in [1.54, 1.807) is 30.3 Å². The lowest BCUT2D eigenvalue weighted by Gasteiger charge is -2.15. The quantitative estimate of drug-likeness (QED) is 0.294. The molecule has 1 fully saturated rings. The number of hydrogen-bond donors (Lipinski definition) is 0. The number of hydrogen-bond acceptors (Lipinski definition) is 9. The normalized spacial score (nSPS) is 14.4. The van der Waals surface area contributed by atoms with Crippen molar-refractivity contribution in [1.29, 1.82) is 0 Å². The number of rotatable bonds is 6. The largest absolute Gasteiger partial charge is 0.421 e. The van der Waals surface area contributed by atoms with Crippen molar-refractivity contribution < 1.29 is 33.0 Å². The lowest BCUT2D eigenvalue weighted by molar-refractivity contribution is 0.0501. The minimum absolute atomic E-state index is 0.0357. The molecule has 0 aliphatic carbocycles. The van der Waals surface area contributed by atoms with Crippen LogP contribution >= 0.6 is 15.9 Å². The summed E-state index contributed by atoms with van der Waals surface area (Å²) in [5.41, 5.74) is -2.58. The number of nitrogens with zero attached hydrogens (tertiary/aromatic N) is 3. The Labute approximate surface area is 238 Å². The van der Waals surface area contributed by atoms with E-state index in [9.17, 15) is 28.4 Å². The van der Waals surface area contributed by atoms with Crippen LogP contribution in [-0.2, 0) is 4.74 Å². The van der Waals surface area contributed by atoms with Crippen molar-refractivity contribution in [2.24, 2.45) is 0 Å². The van der Waals surface area contributed by atoms with Crippen LogP contribution in [0.15, 0.2) is 87.1 Å². The van der Waals surface area contributed by atoms with Gasteiger partial charge in [0.05, 0.1) is 21.8 Å². The van der Waals surface area contributed by atoms with Gasteiger partial charge < -0.3 is 14.2 Å². The summed E-state index contributed by atoms with van der Waals surface area (Å²) in [5.74, 6) is -4.22. The third-order valence-corrected chi connectivity index (χ3v) is 6.64. The fourth-order valence-electron chi connectivity index (χ4n) is 4.04. The van der Waals surface area contributed by atoms with Gasteiger partial charge >= 0.3 is 17.6 Å². The number of halogens is 2. The minimum atomic E-state index is -1.43. The minimum Gasteiger partial charge on any atom is -0.421 e. The lowest BCUT2D eigenvalue weighted by atomic mass is 10.1. The van der Waals surface area contributed by atoms with Crippen LogP contribution in [0.4, 0.5) is 4.39 Å². The third kappa shape index (κ3) is 5.90. The Hall–Kier alpha value is -4.75. The van der Waals surface area contributed by atoms with Crippen LogP contribution in [0.5, 0.6) is 11.6 Å². The highest BCUT2D eigenvalue weighted by atomic mass is 79.9. The van der Waals surface area contributed by atoms with Crippen molar-refractivity contribution in [3.8, 4) is 11.6 Å². The van der Waals surface area contributed by atoms with Crippen molar-refractivity contribution in [2.75, 3.05) is 6.61 Å². The monoisotopic (exact) mass is 623 g/mol. The molecule has 0 amide bonds. The van der Waals surface area contributed by atoms with Crippen LogP contribution in [0.25, 0.3) is 0 Å². The molecule has 41 heavy (non-hydrogen) atoms. The van der Waals surface area contributed by atoms with Gasteiger partial charge in [-0.2, -0.15) is 8.96 Å². The fraction of sp³-hybridized carbons (Fsp3) is 0.143. The van der Waals surface area contributed by atoms with Crippen LogP contribution in [0.2, 0.25) is 0 Å². The van der Waals surface area contributed by atoms with E-state index < -0.39 is 41.1 Å². The van der Waals surface area contributed by atoms with Gasteiger partial charge in [0.15, 0.2) is 5.75 Å². The zero-order chi connectivity index (χ0) is 29.1. The van der Waals surface area contributed by atoms with Gasteiger partial charge in [0.25, 0.3) is 11.5 Å². The van der Waals surface area contributed by atoms with Gasteiger partial charge in [-0.1, -0.05) is 24.3 Å². The molecular weight excluding hydrogens is 605 g/mol. The molecule has 1 atom stereocenters. The second-order valence-corrected chi connectivity index (χ2v) is 9.61. The number of pyridine rings is 1. The maximum Gasteiger partial charge on any atom is 0.344 e. The highest BCUT2D eigenvalue weighted by Gasteiger charge is 2.26. The average molecular weight is 624 g/mol. The Kier molecular flexibility index (Phi) is 7.99. The molecule has 1 saturated heterocycles. The van der Waals surface area contributed by atoms with Crippen molar-refractivity contribution in [1.82, 2.24) is 14.1 Å². The van der Waals surface area contributed by atoms with E-state index in [1.807, 2.05) is 0 Å². The van der Waals surface area contributed by atoms with E-state index in [0.717, 1.165) is 16.8 Å². The van der Waals surface area contributed by atoms with Crippen LogP contribution < -0.4 is 20.7 Å². The second-order valence-electron chi connectivity index (χ2n) is 8.76. The van der Waals surface area contributed by atoms with Crippen LogP contribution in [0, 0.1) is 5.82 Å². The summed E-state index contributed by atoms with van der Waals surface area (Å²) in [5, 5.41) is 0. The van der Waals surface area contributed by atoms with Crippen molar-refractivity contribution in [3.63, 3.8) is 0 Å². The predicted octanol–water partition coefficient (Wildman–Crippen LogP) is 3.74. The molecule has 1 aliphatic heterocycles. The molecule has 208 valence electrons. The first-order chi connectivity index (χ1) is 19.7. The molecule has 11 nitrogen and oxygen atoms in total. The SMILES string of the molecule is O=C(Oc1cc(OC(=O)c2ccccc2)c(Br)cn1)c1cccc(C(=O)n2c(=O)c(F)cn(C3CCCO3)c2=O)c1. The van der Waals surface area contributed by atoms with Gasteiger partial charge in [-0.3, -0.25) is 14.2 Å². The Morgan fingerprint density at radius 1 is 0.951 bits per heavy atom. The van der Waals surface area contributed by atoms with E-state index in [4.69, 9.17) is 14.2 Å². The predicted molar refractivity (Wildman–Crippen MR) is 144 cm³/mol. The number of ether oxygens (including phenoxy) is 3. The second kappa shape index (κ2) is 11.8. The van der Waals surface area contributed by atoms with Gasteiger partial charge in [-0.05, 0) is 59.1 Å². The maximum absolute atomic E-state index is 14.4. The van der Waals surface area contributed by atoms with E-state index in [2.05, 4.69) is 20.9 Å². The smallest absolute Gasteiger partial charge is 0.344 e. The molecule has 1 aliphatic rings. The van der Waals surface area contributed by atoms with Crippen LogP contribution in [-0.4, -0.2) is 38.6 Å². The summed E-state index contributed by atoms with van der Waals surface area (Å²) >= 11 is 3.23. The zero-order valence-corrected chi connectivity index (χ0v) is 22.6. The third-order valence-electron chi connectivity index (χ3n) is 6.04. The zero-order valence-electron chi connectivity index (χ0n) is 21.0. The summed E-state index contributed by atoms with van der Waals surface area (Å²) < 4.78 is 31.8. The maximum atomic E-state index is 14.4. The first kappa shape index (κ1) is 27.8. The van der Waals surface area contributed by atoms with E-state index in [-0.39, 0.29) is 27.3 Å². The summed E-state index contributed by atoms with van der Waals surface area (Å²) in [7, 11) is 0. The van der Waals surface area contributed by atoms with Crippen molar-refractivity contribution >= 4 is 33.8 Å². The van der Waals surface area contributed by atoms with Crippen molar-refractivity contribution in [3.05, 3.63) is 121 Å².